The van der Waals surface area contributed by atoms with E-state index in [4.69, 9.17) is 60.2 Å². The van der Waals surface area contributed by atoms with Gasteiger partial charge in [0.25, 0.3) is 0 Å². The Bertz CT molecular complexity index is 971. The van der Waals surface area contributed by atoms with Crippen molar-refractivity contribution in [2.45, 2.75) is 73.2 Å². The van der Waals surface area contributed by atoms with Crippen LogP contribution in [-0.2, 0) is 33.8 Å². The molecule has 2 radical (unpaired) electrons. The predicted octanol–water partition coefficient (Wildman–Crippen LogP) is -24.4. The molecule has 38 heteroatoms. The van der Waals surface area contributed by atoms with Crippen LogP contribution in [0, 0.1) is 0 Å². The molecule has 14 atom stereocenters. The summed E-state index contributed by atoms with van der Waals surface area (Å²) < 4.78 is 38.5. The minimum absolute atomic E-state index is 0. The molecule has 4 saturated heterocycles. The summed E-state index contributed by atoms with van der Waals surface area (Å²) in [6, 6.07) is 0. The van der Waals surface area contributed by atoms with Crippen LogP contribution in [-0.4, -0.2) is 298 Å². The van der Waals surface area contributed by atoms with E-state index in [0.717, 1.165) is 0 Å². The van der Waals surface area contributed by atoms with Crippen LogP contribution in [0.3, 0.4) is 0 Å². The zero-order valence-corrected chi connectivity index (χ0v) is 42.2. The van der Waals surface area contributed by atoms with Gasteiger partial charge in [-0.25, -0.2) is 4.79 Å². The number of carbonyl (C=O) groups is 3. The molecule has 4 heterocycles. The number of fused-ring (bicyclic) bond motifs is 4. The van der Waals surface area contributed by atoms with E-state index in [-0.39, 0.29) is 147 Å². The Balaban J connectivity index is -0.0000000502. The summed E-state index contributed by atoms with van der Waals surface area (Å²) >= 11 is -10.3. The van der Waals surface area contributed by atoms with Gasteiger partial charge in [0.05, 0.1) is 6.61 Å². The number of aliphatic hydroxyl groups is 9. The predicted molar refractivity (Wildman–Crippen MR) is 174 cm³/mol. The topological polar surface area (TPSA) is 705 Å². The van der Waals surface area contributed by atoms with Crippen molar-refractivity contribution in [3.63, 3.8) is 0 Å². The molecule has 4 aliphatic rings. The molecule has 0 amide bonds. The Labute approximate surface area is 389 Å². The summed E-state index contributed by atoms with van der Waals surface area (Å²) in [6.45, 7) is -2.34. The Morgan fingerprint density at radius 3 is 1.07 bits per heavy atom. The number of aliphatic hydroxyl groups excluding tert-OH is 9. The molecule has 344 valence electrons. The minimum atomic E-state index is -5.13. The molecule has 0 aromatic carbocycles. The van der Waals surface area contributed by atoms with Gasteiger partial charge in [-0.15, -0.1) is 0 Å². The van der Waals surface area contributed by atoms with E-state index in [2.05, 4.69) is 0 Å². The van der Waals surface area contributed by atoms with Crippen molar-refractivity contribution in [1.29, 1.82) is 0 Å². The first-order valence-corrected chi connectivity index (χ1v) is 20.1. The first kappa shape index (κ1) is 88.9. The number of carboxylic acids is 3. The van der Waals surface area contributed by atoms with E-state index < -0.39 is 152 Å². The van der Waals surface area contributed by atoms with Crippen molar-refractivity contribution < 1.29 is 217 Å². The summed E-state index contributed by atoms with van der Waals surface area (Å²) in [6.07, 6.45) is -19.0. The fourth-order valence-electron chi connectivity index (χ4n) is 3.90. The second-order valence-corrected chi connectivity index (χ2v) is 21.3. The second-order valence-electron chi connectivity index (χ2n) is 9.00. The molecular weight excluding hydrogens is 1160 g/mol. The zero-order chi connectivity index (χ0) is 31.7. The van der Waals surface area contributed by atoms with E-state index in [1.165, 1.54) is 0 Å². The molecule has 33 nitrogen and oxygen atoms in total. The Morgan fingerprint density at radius 1 is 0.536 bits per heavy atom. The van der Waals surface area contributed by atoms with Crippen molar-refractivity contribution >= 4 is 83.3 Å². The molecule has 0 aromatic heterocycles. The van der Waals surface area contributed by atoms with Crippen LogP contribution in [0.2, 0.25) is 0 Å². The fraction of sp³-hybridized carbons (Fsp3) is 0.833. The molecule has 0 spiro atoms. The third-order valence-corrected chi connectivity index (χ3v) is 23.4. The van der Waals surface area contributed by atoms with Gasteiger partial charge < -0.3 is 93.7 Å². The molecule has 4 fully saturated rings. The molecule has 4 rings (SSSR count). The Hall–Kier alpha value is 1.78. The van der Waals surface area contributed by atoms with Crippen LogP contribution in [0.5, 0.6) is 0 Å². The van der Waals surface area contributed by atoms with Gasteiger partial charge in [-0.05, 0) is 0 Å². The van der Waals surface area contributed by atoms with E-state index in [0.29, 0.717) is 0 Å². The van der Waals surface area contributed by atoms with Gasteiger partial charge in [0, 0.05) is 0 Å². The van der Waals surface area contributed by atoms with Gasteiger partial charge in [0.1, 0.15) is 18.3 Å². The van der Waals surface area contributed by atoms with Crippen molar-refractivity contribution in [1.82, 2.24) is 0 Å². The van der Waals surface area contributed by atoms with E-state index in [1.54, 1.807) is 0 Å². The summed E-state index contributed by atoms with van der Waals surface area (Å²) in [4.78, 5) is 33.0. The standard InChI is InChI=1S/C6H12O7.2C6H9O7.2Na.11H2O.O.3Sb.5H/c3*7-1-2(8)3(9)4(10)5(11)6(12)13;;;;;;;;;;;;;;;;;;;;;;/h2-5,7-11H,1H2,(H,12,13);2*2-5,7-8H,1H2,(H,12,13);;;11*1H2;;;;;;;;;/q;2*-3;2*+1;;;;;;;;;;;;;;2*+3;;;;2*-1/t;2*2?,3-,4+,5-;;;;;;;;;;;;;;;;;;;;;;/m.11....................../s1. The number of hydrogen-bond donors (Lipinski definition) is 12. The third-order valence-electron chi connectivity index (χ3n) is 6.06. The van der Waals surface area contributed by atoms with Crippen LogP contribution in [0.4, 0.5) is 0 Å². The second kappa shape index (κ2) is 37.3. The third kappa shape index (κ3) is 19.9. The number of carboxylic acid groups (broad SMARTS) is 3. The molecule has 4 bridgehead atoms. The van der Waals surface area contributed by atoms with Crippen LogP contribution >= 0.6 is 0 Å². The molecule has 4 aliphatic heterocycles. The normalized spacial score (nSPS) is 29.3. The number of hydrogen-bond acceptors (Lipinski definition) is 19. The van der Waals surface area contributed by atoms with Crippen LogP contribution < -0.4 is 59.1 Å². The van der Waals surface area contributed by atoms with Gasteiger partial charge in [-0.3, -0.25) is 0 Å². The van der Waals surface area contributed by atoms with E-state index in [9.17, 15) is 34.8 Å². The Kier molecular flexibility index (Phi) is 59.3. The number of rotatable bonds is 13. The van der Waals surface area contributed by atoms with Crippen molar-refractivity contribution in [2.24, 2.45) is 0 Å². The van der Waals surface area contributed by atoms with Crippen LogP contribution in [0.25, 0.3) is 0 Å². The molecular formula is C18H57Na2O33Sb3. The first-order valence-electron chi connectivity index (χ1n) is 11.7. The average Bonchev–Trinajstić information content (AvgIpc) is 3.71. The monoisotopic (exact) mass is 1210 g/mol. The van der Waals surface area contributed by atoms with Crippen LogP contribution in [0.15, 0.2) is 0 Å². The van der Waals surface area contributed by atoms with Gasteiger partial charge in [0.2, 0.25) is 0 Å². The van der Waals surface area contributed by atoms with Crippen molar-refractivity contribution in [3.8, 4) is 0 Å². The van der Waals surface area contributed by atoms with Gasteiger partial charge in [-0.1, -0.05) is 0 Å². The molecule has 0 aliphatic carbocycles. The summed E-state index contributed by atoms with van der Waals surface area (Å²) in [5.74, 6) is -4.57. The van der Waals surface area contributed by atoms with E-state index >= 15 is 0 Å². The maximum atomic E-state index is 11.5. The Morgan fingerprint density at radius 2 is 0.839 bits per heavy atom. The summed E-state index contributed by atoms with van der Waals surface area (Å²) in [5, 5.41) is 109. The maximum absolute atomic E-state index is 11.5. The summed E-state index contributed by atoms with van der Waals surface area (Å²) in [7, 11) is 0. The van der Waals surface area contributed by atoms with Crippen molar-refractivity contribution in [2.75, 3.05) is 19.8 Å². The molecule has 0 saturated carbocycles. The van der Waals surface area contributed by atoms with Crippen molar-refractivity contribution in [3.05, 3.63) is 0 Å². The number of aliphatic carboxylic acids is 3. The SMILES string of the molecule is O.O.O.O.O.O.O.O.O.O.O.O=C(O)C(O)C(O)C(O)C(O)CO.O=C(O)[C@@H]1[O][Sb]2([O][Sb]34[O][C@@H]([C@@H](C(O)CO)[O]3)[C@H](C(=O)O)[O]4)[O][C@H]1[C@@H](C(O)CO)[O]2.[H-].[H-].[Na+].[Na+].[SbH3]. The fourth-order valence-corrected chi connectivity index (χ4v) is 24.2. The molecule has 8 unspecified atom stereocenters. The summed E-state index contributed by atoms with van der Waals surface area (Å²) in [5.41, 5.74) is 0. The van der Waals surface area contributed by atoms with Gasteiger partial charge in [0.15, 0.2) is 6.10 Å². The molecule has 34 N–H and O–H groups in total. The average molecular weight is 1210 g/mol. The first-order chi connectivity index (χ1) is 19.6. The van der Waals surface area contributed by atoms with Gasteiger partial charge in [-0.2, -0.15) is 0 Å². The molecule has 0 aromatic rings. The van der Waals surface area contributed by atoms with E-state index in [1.807, 2.05) is 0 Å². The quantitative estimate of drug-likeness (QED) is 0.0762. The van der Waals surface area contributed by atoms with Crippen LogP contribution in [0.1, 0.15) is 2.85 Å². The zero-order valence-electron chi connectivity index (χ0n) is 31.1. The van der Waals surface area contributed by atoms with Gasteiger partial charge >= 0.3 is 264 Å². The molecule has 56 heavy (non-hydrogen) atoms.